The molecule has 8 aromatic rings. The highest BCUT2D eigenvalue weighted by Gasteiger charge is 2.46. The number of aryl methyl sites for hydroxylation is 1. The van der Waals surface area contributed by atoms with Crippen LogP contribution in [0.3, 0.4) is 0 Å². The molecule has 7 heterocycles. The second-order valence-corrected chi connectivity index (χ2v) is 25.5. The molecule has 0 saturated carbocycles. The summed E-state index contributed by atoms with van der Waals surface area (Å²) in [6.45, 7) is 25.4. The van der Waals surface area contributed by atoms with Crippen molar-refractivity contribution in [1.82, 2.24) is 17.4 Å². The molecule has 13 nitrogen and oxygen atoms in total. The molecule has 2 atom stereocenters. The van der Waals surface area contributed by atoms with E-state index in [1.54, 1.807) is 26.0 Å². The molecule has 3 aliphatic rings. The van der Waals surface area contributed by atoms with Gasteiger partial charge in [-0.3, -0.25) is 17.4 Å². The maximum Gasteiger partial charge on any atom is 0.355 e. The number of fused-ring (bicyclic) bond motifs is 6. The highest BCUT2D eigenvalue weighted by atomic mass is 31.2. The van der Waals surface area contributed by atoms with Crippen LogP contribution in [0.5, 0.6) is 23.0 Å². The van der Waals surface area contributed by atoms with E-state index in [-0.39, 0.29) is 48.0 Å². The standard InChI is InChI=1S/C63H66N4O9P2/c1-13-71-58(68)49-31-28-46-54(39-22-18-16-19-23-39)45-27-26-38(4)64(45)77(65(46)49)75-52-36-41(61(5,6)7)34-43-56(52)74-57-44(63(43,11)12)35-42(62(8,9)10)37-53(57)76-78-66-47(29-32-50(66)59(69)72-14-2)55(40-24-20-17-21-25-40)48-30-33-51(67(48)78)60(70)73-15-3/h16-37,54-55H,13-15H2,1-12H3. The summed E-state index contributed by atoms with van der Waals surface area (Å²) < 4.78 is 48.0. The van der Waals surface area contributed by atoms with Crippen molar-refractivity contribution < 1.29 is 42.4 Å². The normalized spacial score (nSPS) is 17.7. The fourth-order valence-electron chi connectivity index (χ4n) is 11.0. The van der Waals surface area contributed by atoms with E-state index in [1.807, 2.05) is 98.8 Å². The molecule has 0 fully saturated rings. The summed E-state index contributed by atoms with van der Waals surface area (Å²) in [5, 5.41) is 0. The second kappa shape index (κ2) is 19.8. The van der Waals surface area contributed by atoms with E-state index in [0.717, 1.165) is 61.9 Å². The average molecular weight is 1090 g/mol. The number of benzene rings is 4. The third-order valence-corrected chi connectivity index (χ3v) is 19.0. The first-order valence-electron chi connectivity index (χ1n) is 26.7. The van der Waals surface area contributed by atoms with Crippen LogP contribution in [0.15, 0.2) is 133 Å². The van der Waals surface area contributed by atoms with Crippen molar-refractivity contribution >= 4 is 34.8 Å². The number of nitrogens with zero attached hydrogens (tertiary/aromatic N) is 4. The van der Waals surface area contributed by atoms with Crippen LogP contribution in [0.1, 0.15) is 181 Å². The fourth-order valence-corrected chi connectivity index (χ4v) is 15.2. The van der Waals surface area contributed by atoms with Gasteiger partial charge in [0.2, 0.25) is 0 Å². The maximum atomic E-state index is 14.2. The number of hydrogen-bond acceptors (Lipinski definition) is 9. The minimum Gasteiger partial charge on any atom is -0.461 e. The molecule has 0 saturated heterocycles. The molecule has 0 aliphatic carbocycles. The van der Waals surface area contributed by atoms with Crippen LogP contribution in [0, 0.1) is 6.92 Å². The minimum absolute atomic E-state index is 0.157. The Labute approximate surface area is 458 Å². The summed E-state index contributed by atoms with van der Waals surface area (Å²) in [6, 6.07) is 44.5. The summed E-state index contributed by atoms with van der Waals surface area (Å²) in [6.07, 6.45) is 0. The van der Waals surface area contributed by atoms with E-state index >= 15 is 0 Å². The molecule has 0 radical (unpaired) electrons. The zero-order valence-electron chi connectivity index (χ0n) is 46.3. The van der Waals surface area contributed by atoms with Crippen molar-refractivity contribution in [1.29, 1.82) is 0 Å². The lowest BCUT2D eigenvalue weighted by atomic mass is 9.72. The highest BCUT2D eigenvalue weighted by Crippen LogP contribution is 2.63. The predicted molar refractivity (Wildman–Crippen MR) is 304 cm³/mol. The lowest BCUT2D eigenvalue weighted by Gasteiger charge is -2.40. The molecule has 0 amide bonds. The van der Waals surface area contributed by atoms with Crippen LogP contribution in [0.25, 0.3) is 0 Å². The number of esters is 3. The van der Waals surface area contributed by atoms with E-state index < -0.39 is 46.1 Å². The van der Waals surface area contributed by atoms with Gasteiger partial charge in [0.25, 0.3) is 0 Å². The van der Waals surface area contributed by atoms with Crippen LogP contribution in [0.4, 0.5) is 0 Å². The molecule has 2 unspecified atom stereocenters. The summed E-state index contributed by atoms with van der Waals surface area (Å²) in [5.74, 6) is -0.228. The van der Waals surface area contributed by atoms with Gasteiger partial charge in [0.15, 0.2) is 23.0 Å². The van der Waals surface area contributed by atoms with E-state index in [9.17, 15) is 14.4 Å². The fraction of sp³-hybridized carbons (Fsp3) is 0.317. The van der Waals surface area contributed by atoms with Crippen LogP contribution < -0.4 is 13.8 Å². The Morgan fingerprint density at radius 1 is 0.500 bits per heavy atom. The summed E-state index contributed by atoms with van der Waals surface area (Å²) in [5.41, 5.74) is 9.88. The number of carbonyl (C=O) groups is 3. The monoisotopic (exact) mass is 1080 g/mol. The van der Waals surface area contributed by atoms with Gasteiger partial charge in [0.1, 0.15) is 17.1 Å². The largest absolute Gasteiger partial charge is 0.461 e. The third kappa shape index (κ3) is 8.74. The first-order chi connectivity index (χ1) is 37.3. The van der Waals surface area contributed by atoms with E-state index in [2.05, 4.69) is 109 Å². The Morgan fingerprint density at radius 3 is 1.21 bits per heavy atom. The molecule has 78 heavy (non-hydrogen) atoms. The lowest BCUT2D eigenvalue weighted by Crippen LogP contribution is -2.29. The molecular formula is C63H66N4O9P2. The van der Waals surface area contributed by atoms with E-state index in [1.165, 1.54) is 0 Å². The van der Waals surface area contributed by atoms with Crippen molar-refractivity contribution in [3.63, 3.8) is 0 Å². The van der Waals surface area contributed by atoms with Crippen LogP contribution in [0.2, 0.25) is 0 Å². The van der Waals surface area contributed by atoms with Gasteiger partial charge >= 0.3 is 34.8 Å². The Kier molecular flexibility index (Phi) is 13.4. The first-order valence-corrected chi connectivity index (χ1v) is 29.1. The summed E-state index contributed by atoms with van der Waals surface area (Å²) >= 11 is 0. The molecule has 0 bridgehead atoms. The Morgan fingerprint density at radius 2 is 0.846 bits per heavy atom. The molecule has 3 aliphatic heterocycles. The zero-order chi connectivity index (χ0) is 55.2. The van der Waals surface area contributed by atoms with Gasteiger partial charge in [-0.1, -0.05) is 128 Å². The van der Waals surface area contributed by atoms with Crippen molar-refractivity contribution in [2.75, 3.05) is 19.8 Å². The SMILES string of the molecule is CCOC(=O)c1ccc2n1P(Oc1cc(C(C)(C)C)cc3c1Oc1c(OP4n5c(C(=O)OCC)ccc5C(c5ccccc5)c5ccc(C(=O)OCC)n54)cc(C(C)(C)C)cc1C3(C)C)n1c(C)ccc1C2c1ccccc1. The van der Waals surface area contributed by atoms with Gasteiger partial charge in [-0.25, -0.2) is 14.4 Å². The van der Waals surface area contributed by atoms with E-state index in [4.69, 9.17) is 28.0 Å². The molecule has 0 spiro atoms. The topological polar surface area (TPSA) is 126 Å². The average Bonchev–Trinajstić information content (AvgIpc) is 4.05. The Bertz CT molecular complexity index is 3580. The van der Waals surface area contributed by atoms with Gasteiger partial charge in [-0.15, -0.1) is 0 Å². The lowest BCUT2D eigenvalue weighted by molar-refractivity contribution is 0.0507. The van der Waals surface area contributed by atoms with Crippen LogP contribution >= 0.6 is 16.9 Å². The molecule has 11 rings (SSSR count). The van der Waals surface area contributed by atoms with Gasteiger partial charge in [0.05, 0.1) is 31.7 Å². The molecular weight excluding hydrogens is 1020 g/mol. The molecule has 0 N–H and O–H groups in total. The van der Waals surface area contributed by atoms with Gasteiger partial charge in [0, 0.05) is 45.0 Å². The minimum atomic E-state index is -2.17. The Balaban J connectivity index is 1.13. The van der Waals surface area contributed by atoms with Crippen LogP contribution in [-0.2, 0) is 30.5 Å². The number of hydrogen-bond donors (Lipinski definition) is 0. The van der Waals surface area contributed by atoms with E-state index in [0.29, 0.717) is 28.7 Å². The number of rotatable bonds is 12. The van der Waals surface area contributed by atoms with Crippen molar-refractivity contribution in [3.8, 4) is 23.0 Å². The smallest absolute Gasteiger partial charge is 0.355 e. The van der Waals surface area contributed by atoms with Gasteiger partial charge in [-0.2, -0.15) is 0 Å². The quantitative estimate of drug-likeness (QED) is 0.0668. The highest BCUT2D eigenvalue weighted by molar-refractivity contribution is 7.50. The third-order valence-electron chi connectivity index (χ3n) is 15.1. The maximum absolute atomic E-state index is 14.2. The second-order valence-electron chi connectivity index (χ2n) is 22.5. The van der Waals surface area contributed by atoms with Gasteiger partial charge in [-0.05, 0) is 121 Å². The number of carbonyl (C=O) groups excluding carboxylic acids is 3. The first kappa shape index (κ1) is 52.7. The predicted octanol–water partition coefficient (Wildman–Crippen LogP) is 15.1. The zero-order valence-corrected chi connectivity index (χ0v) is 48.1. The number of aromatic nitrogens is 4. The van der Waals surface area contributed by atoms with Crippen molar-refractivity contribution in [2.45, 2.75) is 111 Å². The van der Waals surface area contributed by atoms with Crippen LogP contribution in [-0.4, -0.2) is 55.1 Å². The molecule has 4 aromatic carbocycles. The molecule has 402 valence electrons. The molecule has 15 heteroatoms. The van der Waals surface area contributed by atoms with Crippen molar-refractivity contribution in [3.05, 3.63) is 212 Å². The Hall–Kier alpha value is -7.33. The van der Waals surface area contributed by atoms with Crippen molar-refractivity contribution in [2.24, 2.45) is 0 Å². The summed E-state index contributed by atoms with van der Waals surface area (Å²) in [4.78, 5) is 42.5. The van der Waals surface area contributed by atoms with Gasteiger partial charge < -0.3 is 28.0 Å². The molecule has 4 aromatic heterocycles. The number of ether oxygens (including phenoxy) is 4. The summed E-state index contributed by atoms with van der Waals surface area (Å²) in [7, 11) is -4.05.